The summed E-state index contributed by atoms with van der Waals surface area (Å²) in [5, 5.41) is 0. The fraction of sp³-hybridized carbons (Fsp3) is 0.290. The highest BCUT2D eigenvalue weighted by molar-refractivity contribution is 5.80. The lowest BCUT2D eigenvalue weighted by Crippen LogP contribution is -2.36. The molecule has 1 saturated heterocycles. The summed E-state index contributed by atoms with van der Waals surface area (Å²) in [6, 6.07) is 20.5. The van der Waals surface area contributed by atoms with E-state index >= 15 is 0 Å². The van der Waals surface area contributed by atoms with Crippen molar-refractivity contribution in [1.29, 1.82) is 0 Å². The largest absolute Gasteiger partial charge is 0.494 e. The van der Waals surface area contributed by atoms with Crippen LogP contribution in [0.3, 0.4) is 0 Å². The summed E-state index contributed by atoms with van der Waals surface area (Å²) in [5.41, 5.74) is 4.92. The highest BCUT2D eigenvalue weighted by Gasteiger charge is 2.09. The summed E-state index contributed by atoms with van der Waals surface area (Å²) in [7, 11) is 0. The first-order valence-corrected chi connectivity index (χ1v) is 12.3. The fourth-order valence-electron chi connectivity index (χ4n) is 4.03. The Hall–Kier alpha value is -3.59. The van der Waals surface area contributed by atoms with Gasteiger partial charge in [-0.3, -0.25) is 4.90 Å². The first-order valence-electron chi connectivity index (χ1n) is 12.3. The summed E-state index contributed by atoms with van der Waals surface area (Å²) in [4.78, 5) is 2.30. The summed E-state index contributed by atoms with van der Waals surface area (Å²) < 4.78 is 30.6. The molecule has 0 saturated carbocycles. The van der Waals surface area contributed by atoms with Gasteiger partial charge in [0.2, 0.25) is 0 Å². The molecule has 0 aromatic heterocycles. The molecule has 4 rings (SSSR count). The van der Waals surface area contributed by atoms with E-state index in [1.807, 2.05) is 50.3 Å². The van der Waals surface area contributed by atoms with Crippen LogP contribution in [0.1, 0.15) is 29.2 Å². The highest BCUT2D eigenvalue weighted by atomic mass is 19.1. The van der Waals surface area contributed by atoms with Gasteiger partial charge < -0.3 is 14.2 Å². The first-order chi connectivity index (χ1) is 17.6. The van der Waals surface area contributed by atoms with Crippen LogP contribution in [0.25, 0.3) is 5.57 Å². The van der Waals surface area contributed by atoms with Crippen molar-refractivity contribution < 1.29 is 18.6 Å². The van der Waals surface area contributed by atoms with E-state index in [0.29, 0.717) is 13.2 Å². The zero-order valence-corrected chi connectivity index (χ0v) is 20.9. The van der Waals surface area contributed by atoms with E-state index in [1.165, 1.54) is 12.1 Å². The number of benzene rings is 3. The van der Waals surface area contributed by atoms with E-state index in [4.69, 9.17) is 14.2 Å². The summed E-state index contributed by atoms with van der Waals surface area (Å²) in [5.74, 6) is 7.89. The van der Waals surface area contributed by atoms with Crippen molar-refractivity contribution in [2.45, 2.75) is 13.8 Å². The monoisotopic (exact) mass is 485 g/mol. The zero-order valence-electron chi connectivity index (χ0n) is 20.9. The lowest BCUT2D eigenvalue weighted by atomic mass is 9.96. The molecule has 1 aliphatic heterocycles. The Kier molecular flexibility index (Phi) is 9.15. The van der Waals surface area contributed by atoms with E-state index in [9.17, 15) is 4.39 Å². The molecule has 0 amide bonds. The Balaban J connectivity index is 1.48. The predicted octanol–water partition coefficient (Wildman–Crippen LogP) is 5.73. The van der Waals surface area contributed by atoms with Crippen molar-refractivity contribution in [3.05, 3.63) is 101 Å². The van der Waals surface area contributed by atoms with Gasteiger partial charge in [-0.1, -0.05) is 36.1 Å². The van der Waals surface area contributed by atoms with Crippen LogP contribution < -0.4 is 9.47 Å². The lowest BCUT2D eigenvalue weighted by Gasteiger charge is -2.24. The van der Waals surface area contributed by atoms with Crippen molar-refractivity contribution in [3.63, 3.8) is 0 Å². The van der Waals surface area contributed by atoms with Crippen molar-refractivity contribution in [2.75, 3.05) is 46.1 Å². The third-order valence-electron chi connectivity index (χ3n) is 5.97. The Morgan fingerprint density at radius 2 is 1.67 bits per heavy atom. The molecule has 1 heterocycles. The predicted molar refractivity (Wildman–Crippen MR) is 142 cm³/mol. The molecular weight excluding hydrogens is 453 g/mol. The molecule has 1 aliphatic rings. The number of aryl methyl sites for hydroxylation is 1. The van der Waals surface area contributed by atoms with Crippen LogP contribution in [0.5, 0.6) is 11.5 Å². The maximum atomic E-state index is 13.6. The molecular formula is C31H32FNO3. The third-order valence-corrected chi connectivity index (χ3v) is 5.97. The number of nitrogens with zero attached hydrogens (tertiary/aromatic N) is 1. The second-order valence-electron chi connectivity index (χ2n) is 8.56. The molecule has 3 aromatic carbocycles. The Morgan fingerprint density at radius 1 is 0.972 bits per heavy atom. The molecule has 5 heteroatoms. The minimum atomic E-state index is -0.259. The number of hydrogen-bond donors (Lipinski definition) is 0. The summed E-state index contributed by atoms with van der Waals surface area (Å²) in [6.07, 6.45) is 2.03. The van der Waals surface area contributed by atoms with Crippen LogP contribution in [-0.4, -0.2) is 51.0 Å². The maximum Gasteiger partial charge on any atom is 0.123 e. The average Bonchev–Trinajstić information content (AvgIpc) is 2.90. The van der Waals surface area contributed by atoms with Gasteiger partial charge in [0.05, 0.1) is 26.4 Å². The number of ether oxygens (including phenoxy) is 3. The Bertz CT molecular complexity index is 1220. The molecule has 4 nitrogen and oxygen atoms in total. The number of hydrogen-bond acceptors (Lipinski definition) is 4. The van der Waals surface area contributed by atoms with Gasteiger partial charge in [0, 0.05) is 18.7 Å². The van der Waals surface area contributed by atoms with Gasteiger partial charge >= 0.3 is 0 Å². The smallest absolute Gasteiger partial charge is 0.123 e. The minimum absolute atomic E-state index is 0.259. The van der Waals surface area contributed by atoms with Crippen LogP contribution in [-0.2, 0) is 4.74 Å². The topological polar surface area (TPSA) is 30.9 Å². The highest BCUT2D eigenvalue weighted by Crippen LogP contribution is 2.26. The van der Waals surface area contributed by atoms with Crippen molar-refractivity contribution in [2.24, 2.45) is 0 Å². The molecule has 0 spiro atoms. The van der Waals surface area contributed by atoms with E-state index in [1.54, 1.807) is 12.1 Å². The normalized spacial score (nSPS) is 14.1. The molecule has 1 fully saturated rings. The summed E-state index contributed by atoms with van der Waals surface area (Å²) in [6.45, 7) is 9.13. The van der Waals surface area contributed by atoms with Gasteiger partial charge in [-0.05, 0) is 84.7 Å². The van der Waals surface area contributed by atoms with Crippen molar-refractivity contribution in [3.8, 4) is 23.3 Å². The molecule has 0 radical (unpaired) electrons. The average molecular weight is 486 g/mol. The molecule has 36 heavy (non-hydrogen) atoms. The van der Waals surface area contributed by atoms with E-state index in [-0.39, 0.29) is 5.82 Å². The number of halogens is 1. The fourth-order valence-corrected chi connectivity index (χ4v) is 4.03. The standard InChI is InChI=1S/C31H32FNO3/c1-3-35-31-15-14-29(23-24(31)2)36-20-16-30(27-10-12-28(32)13-11-27)26-8-6-25(7-9-26)5-4-17-33-18-21-34-22-19-33/h6-16,23H,3,17-22H2,1-2H3/b30-16+. The van der Waals surface area contributed by atoms with E-state index in [0.717, 1.165) is 72.2 Å². The molecule has 0 N–H and O–H groups in total. The molecule has 0 aliphatic carbocycles. The van der Waals surface area contributed by atoms with Gasteiger partial charge in [0.1, 0.15) is 23.9 Å². The molecule has 0 bridgehead atoms. The number of morpholine rings is 1. The van der Waals surface area contributed by atoms with Crippen molar-refractivity contribution >= 4 is 5.57 Å². The van der Waals surface area contributed by atoms with Crippen LogP contribution in [0.4, 0.5) is 4.39 Å². The molecule has 0 atom stereocenters. The minimum Gasteiger partial charge on any atom is -0.494 e. The van der Waals surface area contributed by atoms with E-state index < -0.39 is 0 Å². The van der Waals surface area contributed by atoms with Gasteiger partial charge in [0.25, 0.3) is 0 Å². The molecule has 0 unspecified atom stereocenters. The van der Waals surface area contributed by atoms with E-state index in [2.05, 4.69) is 28.9 Å². The van der Waals surface area contributed by atoms with Gasteiger partial charge in [-0.2, -0.15) is 0 Å². The van der Waals surface area contributed by atoms with Gasteiger partial charge in [-0.15, -0.1) is 0 Å². The van der Waals surface area contributed by atoms with Crippen LogP contribution in [0.15, 0.2) is 72.8 Å². The second-order valence-corrected chi connectivity index (χ2v) is 8.56. The SMILES string of the molecule is CCOc1ccc(OC/C=C(/c2ccc(F)cc2)c2ccc(C#CCN3CCOCC3)cc2)cc1C. The quantitative estimate of drug-likeness (QED) is 0.382. The number of rotatable bonds is 8. The van der Waals surface area contributed by atoms with Gasteiger partial charge in [0.15, 0.2) is 0 Å². The van der Waals surface area contributed by atoms with Crippen LogP contribution in [0.2, 0.25) is 0 Å². The first kappa shape index (κ1) is 25.5. The zero-order chi connectivity index (χ0) is 25.2. The molecule has 186 valence electrons. The van der Waals surface area contributed by atoms with Gasteiger partial charge in [-0.25, -0.2) is 4.39 Å². The van der Waals surface area contributed by atoms with Crippen LogP contribution >= 0.6 is 0 Å². The van der Waals surface area contributed by atoms with Crippen LogP contribution in [0, 0.1) is 24.6 Å². The Morgan fingerprint density at radius 3 is 2.33 bits per heavy atom. The Labute approximate surface area is 213 Å². The lowest BCUT2D eigenvalue weighted by molar-refractivity contribution is 0.0443. The third kappa shape index (κ3) is 7.21. The maximum absolute atomic E-state index is 13.6. The molecule has 3 aromatic rings. The summed E-state index contributed by atoms with van der Waals surface area (Å²) >= 11 is 0. The second kappa shape index (κ2) is 12.9. The van der Waals surface area contributed by atoms with Crippen molar-refractivity contribution in [1.82, 2.24) is 4.90 Å².